The van der Waals surface area contributed by atoms with Crippen LogP contribution < -0.4 is 0 Å². The van der Waals surface area contributed by atoms with Gasteiger partial charge in [-0.05, 0) is 29.7 Å². The minimum atomic E-state index is -0.0656. The van der Waals surface area contributed by atoms with Crippen molar-refractivity contribution in [1.29, 1.82) is 0 Å². The molecule has 1 aliphatic heterocycles. The van der Waals surface area contributed by atoms with E-state index in [1.54, 1.807) is 12.1 Å². The monoisotopic (exact) mass is 274 g/mol. The molecule has 2 rings (SSSR count). The predicted molar refractivity (Wildman–Crippen MR) is 63.6 cm³/mol. The highest BCUT2D eigenvalue weighted by Crippen LogP contribution is 2.32. The largest absolute Gasteiger partial charge is 0.207 e. The highest BCUT2D eigenvalue weighted by Gasteiger charge is 2.26. The Morgan fingerprint density at radius 2 is 2.14 bits per heavy atom. The van der Waals surface area contributed by atoms with Gasteiger partial charge in [-0.15, -0.1) is 0 Å². The zero-order valence-corrected chi connectivity index (χ0v) is 10.2. The highest BCUT2D eigenvalue weighted by molar-refractivity contribution is 9.09. The van der Waals surface area contributed by atoms with Crippen molar-refractivity contribution in [3.8, 4) is 0 Å². The van der Waals surface area contributed by atoms with Crippen LogP contribution in [0.5, 0.6) is 0 Å². The Morgan fingerprint density at radius 3 is 2.79 bits per heavy atom. The summed E-state index contributed by atoms with van der Waals surface area (Å²) < 4.78 is 13.3. The Hall–Kier alpha value is -0.0200. The number of rotatable bonds is 2. The molecule has 1 aliphatic rings. The lowest BCUT2D eigenvalue weighted by Gasteiger charge is -2.13. The molecule has 0 aliphatic carbocycles. The molecule has 2 unspecified atom stereocenters. The fraction of sp³-hybridized carbons (Fsp3) is 0.455. The number of thioether (sulfide) groups is 1. The van der Waals surface area contributed by atoms with E-state index in [0.29, 0.717) is 10.7 Å². The molecule has 76 valence electrons. The third-order valence-electron chi connectivity index (χ3n) is 2.56. The molecule has 1 saturated heterocycles. The summed E-state index contributed by atoms with van der Waals surface area (Å²) in [6.07, 6.45) is 0.857. The molecule has 1 fully saturated rings. The van der Waals surface area contributed by atoms with E-state index in [4.69, 9.17) is 0 Å². The van der Waals surface area contributed by atoms with Crippen LogP contribution in [-0.4, -0.2) is 16.3 Å². The molecule has 0 bridgehead atoms. The lowest BCUT2D eigenvalue weighted by molar-refractivity contribution is 0.563. The quantitative estimate of drug-likeness (QED) is 0.744. The maximum absolute atomic E-state index is 13.3. The van der Waals surface area contributed by atoms with Gasteiger partial charge in [-0.25, -0.2) is 4.39 Å². The van der Waals surface area contributed by atoms with Crippen LogP contribution in [0, 0.1) is 11.7 Å². The van der Waals surface area contributed by atoms with E-state index in [2.05, 4.69) is 15.9 Å². The lowest BCUT2D eigenvalue weighted by Crippen LogP contribution is -2.14. The van der Waals surface area contributed by atoms with E-state index in [1.807, 2.05) is 23.9 Å². The van der Waals surface area contributed by atoms with Crippen molar-refractivity contribution in [3.63, 3.8) is 0 Å². The van der Waals surface area contributed by atoms with E-state index >= 15 is 0 Å². The first-order valence-corrected chi connectivity index (χ1v) is 6.79. The molecule has 0 saturated carbocycles. The van der Waals surface area contributed by atoms with Crippen molar-refractivity contribution in [2.75, 3.05) is 11.5 Å². The Labute approximate surface area is 96.4 Å². The average Bonchev–Trinajstić information content (AvgIpc) is 2.56. The van der Waals surface area contributed by atoms with Crippen LogP contribution in [0.25, 0.3) is 0 Å². The highest BCUT2D eigenvalue weighted by atomic mass is 79.9. The smallest absolute Gasteiger partial charge is 0.126 e. The van der Waals surface area contributed by atoms with E-state index in [1.165, 1.54) is 0 Å². The van der Waals surface area contributed by atoms with Gasteiger partial charge in [-0.3, -0.25) is 0 Å². The number of halogens is 2. The van der Waals surface area contributed by atoms with Gasteiger partial charge in [0, 0.05) is 10.6 Å². The number of hydrogen-bond donors (Lipinski definition) is 0. The van der Waals surface area contributed by atoms with Gasteiger partial charge in [0.15, 0.2) is 0 Å². The average molecular weight is 275 g/mol. The fourth-order valence-electron chi connectivity index (χ4n) is 1.71. The van der Waals surface area contributed by atoms with Crippen molar-refractivity contribution in [2.45, 2.75) is 11.2 Å². The van der Waals surface area contributed by atoms with Gasteiger partial charge in [-0.2, -0.15) is 11.8 Å². The van der Waals surface area contributed by atoms with E-state index in [9.17, 15) is 4.39 Å². The second-order valence-electron chi connectivity index (χ2n) is 3.61. The molecule has 2 atom stereocenters. The van der Waals surface area contributed by atoms with Crippen LogP contribution >= 0.6 is 27.7 Å². The minimum Gasteiger partial charge on any atom is -0.207 e. The van der Waals surface area contributed by atoms with Crippen molar-refractivity contribution in [1.82, 2.24) is 0 Å². The van der Waals surface area contributed by atoms with E-state index in [-0.39, 0.29) is 5.82 Å². The molecule has 1 aromatic carbocycles. The molecule has 0 spiro atoms. The molecule has 0 nitrogen and oxygen atoms in total. The third kappa shape index (κ3) is 2.31. The van der Waals surface area contributed by atoms with Gasteiger partial charge in [0.05, 0.1) is 0 Å². The van der Waals surface area contributed by atoms with Crippen LogP contribution in [0.3, 0.4) is 0 Å². The summed E-state index contributed by atoms with van der Waals surface area (Å²) >= 11 is 5.59. The number of benzene rings is 1. The first-order valence-electron chi connectivity index (χ1n) is 4.72. The summed E-state index contributed by atoms with van der Waals surface area (Å²) in [6.45, 7) is 0. The molecule has 3 heteroatoms. The standard InChI is InChI=1S/C11H12BrFS/c12-10-7-14-6-9(10)5-8-3-1-2-4-11(8)13/h1-4,9-10H,5-7H2. The van der Waals surface area contributed by atoms with Gasteiger partial charge in [0.25, 0.3) is 0 Å². The Morgan fingerprint density at radius 1 is 1.36 bits per heavy atom. The number of hydrogen-bond acceptors (Lipinski definition) is 1. The maximum atomic E-state index is 13.3. The molecular formula is C11H12BrFS. The molecule has 1 aromatic rings. The van der Waals surface area contributed by atoms with Crippen LogP contribution in [-0.2, 0) is 6.42 Å². The zero-order valence-electron chi connectivity index (χ0n) is 7.75. The van der Waals surface area contributed by atoms with Crippen LogP contribution in [0.4, 0.5) is 4.39 Å². The topological polar surface area (TPSA) is 0 Å². The predicted octanol–water partition coefficient (Wildman–Crippen LogP) is 3.49. The molecule has 0 amide bonds. The normalized spacial score (nSPS) is 26.7. The summed E-state index contributed by atoms with van der Waals surface area (Å²) in [7, 11) is 0. The van der Waals surface area contributed by atoms with E-state index in [0.717, 1.165) is 23.5 Å². The molecule has 0 radical (unpaired) electrons. The zero-order chi connectivity index (χ0) is 9.97. The van der Waals surface area contributed by atoms with Crippen molar-refractivity contribution >= 4 is 27.7 Å². The summed E-state index contributed by atoms with van der Waals surface area (Å²) in [5.41, 5.74) is 0.851. The summed E-state index contributed by atoms with van der Waals surface area (Å²) in [4.78, 5) is 0.548. The Kier molecular flexibility index (Phi) is 3.50. The SMILES string of the molecule is Fc1ccccc1CC1CSCC1Br. The summed E-state index contributed by atoms with van der Waals surface area (Å²) in [6, 6.07) is 7.08. The van der Waals surface area contributed by atoms with Gasteiger partial charge in [0.2, 0.25) is 0 Å². The van der Waals surface area contributed by atoms with Gasteiger partial charge >= 0.3 is 0 Å². The first-order chi connectivity index (χ1) is 6.77. The Bertz CT molecular complexity index is 316. The molecule has 14 heavy (non-hydrogen) atoms. The number of alkyl halides is 1. The second-order valence-corrected chi connectivity index (χ2v) is 5.86. The lowest BCUT2D eigenvalue weighted by atomic mass is 9.98. The van der Waals surface area contributed by atoms with Crippen molar-refractivity contribution in [3.05, 3.63) is 35.6 Å². The van der Waals surface area contributed by atoms with Gasteiger partial charge < -0.3 is 0 Å². The van der Waals surface area contributed by atoms with Crippen molar-refractivity contribution < 1.29 is 4.39 Å². The van der Waals surface area contributed by atoms with Crippen molar-refractivity contribution in [2.24, 2.45) is 5.92 Å². The van der Waals surface area contributed by atoms with Gasteiger partial charge in [-0.1, -0.05) is 34.1 Å². The molecular weight excluding hydrogens is 263 g/mol. The Balaban J connectivity index is 2.07. The molecule has 0 aromatic heterocycles. The van der Waals surface area contributed by atoms with Gasteiger partial charge in [0.1, 0.15) is 5.82 Å². The van der Waals surface area contributed by atoms with Crippen LogP contribution in [0.1, 0.15) is 5.56 Å². The third-order valence-corrected chi connectivity index (χ3v) is 5.32. The first kappa shape index (κ1) is 10.5. The molecule has 0 N–H and O–H groups in total. The minimum absolute atomic E-state index is 0.0656. The van der Waals surface area contributed by atoms with Crippen LogP contribution in [0.2, 0.25) is 0 Å². The maximum Gasteiger partial charge on any atom is 0.126 e. The van der Waals surface area contributed by atoms with Crippen LogP contribution in [0.15, 0.2) is 24.3 Å². The molecule has 1 heterocycles. The fourth-order valence-corrected chi connectivity index (χ4v) is 4.17. The second kappa shape index (κ2) is 4.67. The summed E-state index contributed by atoms with van der Waals surface area (Å²) in [5, 5.41) is 0. The summed E-state index contributed by atoms with van der Waals surface area (Å²) in [5.74, 6) is 2.81. The van der Waals surface area contributed by atoms with E-state index < -0.39 is 0 Å².